The van der Waals surface area contributed by atoms with Gasteiger partial charge in [-0.05, 0) is 0 Å². The summed E-state index contributed by atoms with van der Waals surface area (Å²) in [7, 11) is 0. The van der Waals surface area contributed by atoms with Gasteiger partial charge in [-0.2, -0.15) is 12.1 Å². The standard InChI is InChI=1S/C5H5N2.Y/c6-5-3-1-2-4-7-5;/h1-3H,(H2,6,7);/q-1;. The van der Waals surface area contributed by atoms with E-state index in [0.717, 1.165) is 0 Å². The van der Waals surface area contributed by atoms with Crippen LogP contribution >= 0.6 is 0 Å². The number of nitrogens with two attached hydrogens (primary N) is 1. The van der Waals surface area contributed by atoms with E-state index in [9.17, 15) is 0 Å². The van der Waals surface area contributed by atoms with Crippen molar-refractivity contribution in [3.63, 3.8) is 0 Å². The number of hydrogen-bond acceptors (Lipinski definition) is 2. The minimum absolute atomic E-state index is 0. The molecule has 2 nitrogen and oxygen atoms in total. The van der Waals surface area contributed by atoms with Gasteiger partial charge < -0.3 is 10.7 Å². The van der Waals surface area contributed by atoms with E-state index in [0.29, 0.717) is 5.82 Å². The summed E-state index contributed by atoms with van der Waals surface area (Å²) in [4.78, 5) is 3.63. The van der Waals surface area contributed by atoms with Gasteiger partial charge in [-0.25, -0.2) is 0 Å². The number of hydrogen-bond donors (Lipinski definition) is 1. The van der Waals surface area contributed by atoms with Crippen LogP contribution in [-0.4, -0.2) is 4.98 Å². The van der Waals surface area contributed by atoms with Gasteiger partial charge in [-0.3, -0.25) is 0 Å². The van der Waals surface area contributed by atoms with Crippen molar-refractivity contribution in [2.24, 2.45) is 0 Å². The number of nitrogens with zero attached hydrogens (tertiary/aromatic N) is 1. The molecule has 1 radical (unpaired) electrons. The third kappa shape index (κ3) is 2.38. The summed E-state index contributed by atoms with van der Waals surface area (Å²) < 4.78 is 0. The van der Waals surface area contributed by atoms with Crippen LogP contribution in [0.4, 0.5) is 5.82 Å². The van der Waals surface area contributed by atoms with Crippen LogP contribution < -0.4 is 5.73 Å². The van der Waals surface area contributed by atoms with E-state index in [-0.39, 0.29) is 32.7 Å². The van der Waals surface area contributed by atoms with Crippen LogP contribution in [-0.2, 0) is 32.7 Å². The molecule has 8 heavy (non-hydrogen) atoms. The minimum Gasteiger partial charge on any atom is -0.435 e. The second kappa shape index (κ2) is 3.99. The maximum absolute atomic E-state index is 5.22. The minimum atomic E-state index is 0. The Hall–Kier alpha value is 0.0539. The zero-order valence-corrected chi connectivity index (χ0v) is 7.17. The number of nitrogen functional groups attached to an aromatic ring is 1. The Kier molecular flexibility index (Phi) is 4.01. The number of aromatic nitrogens is 1. The quantitative estimate of drug-likeness (QED) is 0.592. The molecule has 0 aliphatic heterocycles. The first-order chi connectivity index (χ1) is 3.39. The van der Waals surface area contributed by atoms with Crippen LogP contribution in [0, 0.1) is 6.20 Å². The molecule has 0 unspecified atom stereocenters. The van der Waals surface area contributed by atoms with Crippen molar-refractivity contribution in [3.8, 4) is 0 Å². The van der Waals surface area contributed by atoms with Crippen LogP contribution in [0.1, 0.15) is 0 Å². The third-order valence-electron chi connectivity index (χ3n) is 0.631. The molecule has 1 rings (SSSR count). The average Bonchev–Trinajstić information content (AvgIpc) is 1.69. The molecule has 0 atom stereocenters. The summed E-state index contributed by atoms with van der Waals surface area (Å²) in [6, 6.07) is 5.22. The molecule has 2 N–H and O–H groups in total. The van der Waals surface area contributed by atoms with Crippen molar-refractivity contribution in [1.82, 2.24) is 4.98 Å². The van der Waals surface area contributed by atoms with Gasteiger partial charge >= 0.3 is 0 Å². The molecule has 0 aliphatic rings. The van der Waals surface area contributed by atoms with Crippen molar-refractivity contribution in [1.29, 1.82) is 0 Å². The molecule has 1 heterocycles. The number of rotatable bonds is 0. The Morgan fingerprint density at radius 2 is 2.38 bits per heavy atom. The fourth-order valence-corrected chi connectivity index (χ4v) is 0.339. The molecular weight excluding hydrogens is 177 g/mol. The van der Waals surface area contributed by atoms with Gasteiger partial charge in [0, 0.05) is 38.5 Å². The Balaban J connectivity index is 0.000000490. The smallest absolute Gasteiger partial charge is 0.00891 e. The number of pyridine rings is 1. The first-order valence-corrected chi connectivity index (χ1v) is 1.98. The van der Waals surface area contributed by atoms with Crippen molar-refractivity contribution in [2.45, 2.75) is 0 Å². The molecule has 0 saturated carbocycles. The Morgan fingerprint density at radius 1 is 1.62 bits per heavy atom. The van der Waals surface area contributed by atoms with Crippen LogP contribution in [0.25, 0.3) is 0 Å². The van der Waals surface area contributed by atoms with E-state index in [1.54, 1.807) is 18.2 Å². The number of anilines is 1. The van der Waals surface area contributed by atoms with E-state index < -0.39 is 0 Å². The summed E-state index contributed by atoms with van der Waals surface area (Å²) in [6.07, 6.45) is 2.59. The van der Waals surface area contributed by atoms with E-state index >= 15 is 0 Å². The van der Waals surface area contributed by atoms with Crippen LogP contribution in [0.2, 0.25) is 0 Å². The maximum Gasteiger partial charge on any atom is 0.00891 e. The molecule has 1 aromatic heterocycles. The summed E-state index contributed by atoms with van der Waals surface area (Å²) in [6.45, 7) is 0. The van der Waals surface area contributed by atoms with Crippen LogP contribution in [0.15, 0.2) is 18.2 Å². The predicted molar refractivity (Wildman–Crippen MR) is 27.5 cm³/mol. The first-order valence-electron chi connectivity index (χ1n) is 1.98. The monoisotopic (exact) mass is 182 g/mol. The van der Waals surface area contributed by atoms with Crippen molar-refractivity contribution >= 4 is 5.82 Å². The van der Waals surface area contributed by atoms with Gasteiger partial charge in [0.05, 0.1) is 0 Å². The second-order valence-electron chi connectivity index (χ2n) is 1.19. The molecule has 0 aromatic carbocycles. The van der Waals surface area contributed by atoms with Gasteiger partial charge in [0.15, 0.2) is 0 Å². The molecule has 0 amide bonds. The normalized spacial score (nSPS) is 7.50. The molecule has 39 valence electrons. The van der Waals surface area contributed by atoms with Gasteiger partial charge in [0.2, 0.25) is 0 Å². The van der Waals surface area contributed by atoms with E-state index in [1.165, 1.54) is 0 Å². The molecule has 3 heteroatoms. The molecule has 1 aromatic rings. The van der Waals surface area contributed by atoms with Gasteiger partial charge in [0.25, 0.3) is 0 Å². The Morgan fingerprint density at radius 3 is 2.62 bits per heavy atom. The summed E-state index contributed by atoms with van der Waals surface area (Å²) in [5.41, 5.74) is 5.22. The van der Waals surface area contributed by atoms with Crippen molar-refractivity contribution in [2.75, 3.05) is 5.73 Å². The fraction of sp³-hybridized carbons (Fsp3) is 0. The summed E-state index contributed by atoms with van der Waals surface area (Å²) >= 11 is 0. The SMILES string of the molecule is Nc1ccc[c-]n1.[Y]. The topological polar surface area (TPSA) is 38.9 Å². The maximum atomic E-state index is 5.22. The zero-order chi connectivity index (χ0) is 5.11. The average molecular weight is 182 g/mol. The molecule has 0 saturated heterocycles. The van der Waals surface area contributed by atoms with E-state index in [4.69, 9.17) is 5.73 Å². The largest absolute Gasteiger partial charge is 0.435 e. The predicted octanol–water partition coefficient (Wildman–Crippen LogP) is 0.461. The van der Waals surface area contributed by atoms with Crippen molar-refractivity contribution < 1.29 is 32.7 Å². The van der Waals surface area contributed by atoms with Gasteiger partial charge in [-0.1, -0.05) is 6.20 Å². The van der Waals surface area contributed by atoms with Crippen LogP contribution in [0.3, 0.4) is 0 Å². The van der Waals surface area contributed by atoms with Gasteiger partial charge in [0.1, 0.15) is 0 Å². The zero-order valence-electron chi connectivity index (χ0n) is 4.33. The fourth-order valence-electron chi connectivity index (χ4n) is 0.339. The Labute approximate surface area is 73.4 Å². The molecule has 0 bridgehead atoms. The van der Waals surface area contributed by atoms with E-state index in [2.05, 4.69) is 11.2 Å². The molecule has 0 fully saturated rings. The first kappa shape index (κ1) is 8.05. The second-order valence-corrected chi connectivity index (χ2v) is 1.19. The summed E-state index contributed by atoms with van der Waals surface area (Å²) in [5.74, 6) is 0.516. The molecule has 0 aliphatic carbocycles. The summed E-state index contributed by atoms with van der Waals surface area (Å²) in [5, 5.41) is 0. The molecule has 0 spiro atoms. The van der Waals surface area contributed by atoms with Gasteiger partial charge in [-0.15, -0.1) is 6.07 Å². The third-order valence-corrected chi connectivity index (χ3v) is 0.631. The molecular formula is C5H5N2Y-. The van der Waals surface area contributed by atoms with Crippen molar-refractivity contribution in [3.05, 3.63) is 24.4 Å². The Bertz CT molecular complexity index is 140. The van der Waals surface area contributed by atoms with Crippen LogP contribution in [0.5, 0.6) is 0 Å². The van der Waals surface area contributed by atoms with E-state index in [1.807, 2.05) is 0 Å².